The lowest BCUT2D eigenvalue weighted by Gasteiger charge is -2.17. The molecule has 0 fully saturated rings. The molecule has 4 nitrogen and oxygen atoms in total. The van der Waals surface area contributed by atoms with Gasteiger partial charge in [-0.05, 0) is 37.6 Å². The van der Waals surface area contributed by atoms with Crippen LogP contribution in [0.15, 0.2) is 29.1 Å². The van der Waals surface area contributed by atoms with Crippen molar-refractivity contribution in [2.24, 2.45) is 0 Å². The van der Waals surface area contributed by atoms with E-state index in [0.717, 1.165) is 23.5 Å². The van der Waals surface area contributed by atoms with Gasteiger partial charge < -0.3 is 10.2 Å². The molecule has 0 saturated carbocycles. The number of hydrogen-bond donors (Lipinski definition) is 1. The van der Waals surface area contributed by atoms with Crippen LogP contribution in [0, 0.1) is 6.92 Å². The molecular weight excluding hydrogens is 270 g/mol. The molecule has 2 rings (SSSR count). The van der Waals surface area contributed by atoms with Gasteiger partial charge in [0.05, 0.1) is 17.7 Å². The van der Waals surface area contributed by atoms with Gasteiger partial charge in [0.1, 0.15) is 0 Å². The number of rotatable bonds is 5. The Morgan fingerprint density at radius 1 is 1.45 bits per heavy atom. The minimum Gasteiger partial charge on any atom is -0.385 e. The van der Waals surface area contributed by atoms with Crippen LogP contribution in [0.5, 0.6) is 0 Å². The second-order valence-corrected chi connectivity index (χ2v) is 5.42. The number of aromatic nitrogens is 1. The van der Waals surface area contributed by atoms with E-state index in [-0.39, 0.29) is 5.91 Å². The van der Waals surface area contributed by atoms with E-state index in [0.29, 0.717) is 12.1 Å². The Morgan fingerprint density at radius 2 is 2.25 bits per heavy atom. The van der Waals surface area contributed by atoms with Crippen molar-refractivity contribution in [2.75, 3.05) is 18.9 Å². The SMILES string of the molecule is CCNc1ccc(C(=O)N(C)Cc2cscn2)cc1C. The van der Waals surface area contributed by atoms with Crippen molar-refractivity contribution in [3.8, 4) is 0 Å². The van der Waals surface area contributed by atoms with Crippen molar-refractivity contribution in [1.82, 2.24) is 9.88 Å². The largest absolute Gasteiger partial charge is 0.385 e. The van der Waals surface area contributed by atoms with Gasteiger partial charge in [0.2, 0.25) is 0 Å². The molecule has 0 spiro atoms. The quantitative estimate of drug-likeness (QED) is 0.919. The van der Waals surface area contributed by atoms with Gasteiger partial charge in [0.25, 0.3) is 5.91 Å². The lowest BCUT2D eigenvalue weighted by Crippen LogP contribution is -2.26. The van der Waals surface area contributed by atoms with Crippen LogP contribution < -0.4 is 5.32 Å². The average molecular weight is 289 g/mol. The maximum Gasteiger partial charge on any atom is 0.253 e. The molecular formula is C15H19N3OS. The Kier molecular flexibility index (Phi) is 4.74. The standard InChI is InChI=1S/C15H19N3OS/c1-4-16-14-6-5-12(7-11(14)2)15(19)18(3)8-13-9-20-10-17-13/h5-7,9-10,16H,4,8H2,1-3H3. The lowest BCUT2D eigenvalue weighted by molar-refractivity contribution is 0.0783. The van der Waals surface area contributed by atoms with E-state index in [9.17, 15) is 4.79 Å². The number of amides is 1. The fraction of sp³-hybridized carbons (Fsp3) is 0.333. The summed E-state index contributed by atoms with van der Waals surface area (Å²) in [5.41, 5.74) is 5.57. The van der Waals surface area contributed by atoms with Crippen LogP contribution in [0.2, 0.25) is 0 Å². The molecule has 0 unspecified atom stereocenters. The molecule has 5 heteroatoms. The summed E-state index contributed by atoms with van der Waals surface area (Å²) in [6.45, 7) is 5.48. The van der Waals surface area contributed by atoms with E-state index in [4.69, 9.17) is 0 Å². The molecule has 20 heavy (non-hydrogen) atoms. The van der Waals surface area contributed by atoms with Gasteiger partial charge in [-0.15, -0.1) is 11.3 Å². The minimum atomic E-state index is 0.0177. The van der Waals surface area contributed by atoms with E-state index in [1.807, 2.05) is 30.5 Å². The number of nitrogens with zero attached hydrogens (tertiary/aromatic N) is 2. The van der Waals surface area contributed by atoms with Crippen molar-refractivity contribution < 1.29 is 4.79 Å². The van der Waals surface area contributed by atoms with E-state index >= 15 is 0 Å². The molecule has 1 aromatic carbocycles. The molecule has 1 N–H and O–H groups in total. The van der Waals surface area contributed by atoms with Gasteiger partial charge in [0, 0.05) is 30.2 Å². The normalized spacial score (nSPS) is 10.3. The molecule has 2 aromatic rings. The lowest BCUT2D eigenvalue weighted by atomic mass is 10.1. The fourth-order valence-electron chi connectivity index (χ4n) is 2.04. The Morgan fingerprint density at radius 3 is 2.85 bits per heavy atom. The summed E-state index contributed by atoms with van der Waals surface area (Å²) in [6, 6.07) is 5.76. The Balaban J connectivity index is 2.10. The summed E-state index contributed by atoms with van der Waals surface area (Å²) >= 11 is 1.54. The zero-order chi connectivity index (χ0) is 14.5. The number of aryl methyl sites for hydroxylation is 1. The van der Waals surface area contributed by atoms with Crippen LogP contribution in [0.3, 0.4) is 0 Å². The Labute approximate surface area is 123 Å². The highest BCUT2D eigenvalue weighted by molar-refractivity contribution is 7.07. The highest BCUT2D eigenvalue weighted by Crippen LogP contribution is 2.18. The fourth-order valence-corrected chi connectivity index (χ4v) is 2.59. The highest BCUT2D eigenvalue weighted by atomic mass is 32.1. The molecule has 106 valence electrons. The smallest absolute Gasteiger partial charge is 0.253 e. The van der Waals surface area contributed by atoms with Crippen LogP contribution >= 0.6 is 11.3 Å². The monoisotopic (exact) mass is 289 g/mol. The van der Waals surface area contributed by atoms with Gasteiger partial charge in [-0.2, -0.15) is 0 Å². The third-order valence-electron chi connectivity index (χ3n) is 3.07. The van der Waals surface area contributed by atoms with Crippen LogP contribution in [-0.4, -0.2) is 29.4 Å². The number of hydrogen-bond acceptors (Lipinski definition) is 4. The van der Waals surface area contributed by atoms with E-state index in [1.54, 1.807) is 28.8 Å². The van der Waals surface area contributed by atoms with Gasteiger partial charge >= 0.3 is 0 Å². The van der Waals surface area contributed by atoms with Crippen molar-refractivity contribution in [3.05, 3.63) is 45.9 Å². The van der Waals surface area contributed by atoms with Gasteiger partial charge in [-0.25, -0.2) is 4.98 Å². The third-order valence-corrected chi connectivity index (χ3v) is 3.71. The predicted molar refractivity (Wildman–Crippen MR) is 83.3 cm³/mol. The topological polar surface area (TPSA) is 45.2 Å². The first kappa shape index (κ1) is 14.5. The third kappa shape index (κ3) is 3.36. The number of thiazole rings is 1. The molecule has 0 atom stereocenters. The van der Waals surface area contributed by atoms with E-state index in [2.05, 4.69) is 17.2 Å². The number of anilines is 1. The van der Waals surface area contributed by atoms with Gasteiger partial charge in [-0.1, -0.05) is 0 Å². The summed E-state index contributed by atoms with van der Waals surface area (Å²) in [6.07, 6.45) is 0. The van der Waals surface area contributed by atoms with Gasteiger partial charge in [0.15, 0.2) is 0 Å². The van der Waals surface area contributed by atoms with E-state index < -0.39 is 0 Å². The molecule has 0 aliphatic carbocycles. The molecule has 0 aliphatic rings. The summed E-state index contributed by atoms with van der Waals surface area (Å²) in [7, 11) is 1.80. The van der Waals surface area contributed by atoms with Crippen molar-refractivity contribution >= 4 is 22.9 Å². The van der Waals surface area contributed by atoms with Crippen molar-refractivity contribution in [3.63, 3.8) is 0 Å². The van der Waals surface area contributed by atoms with Crippen molar-refractivity contribution in [1.29, 1.82) is 0 Å². The highest BCUT2D eigenvalue weighted by Gasteiger charge is 2.13. The zero-order valence-corrected chi connectivity index (χ0v) is 12.8. The number of carbonyl (C=O) groups excluding carboxylic acids is 1. The molecule has 1 heterocycles. The first-order valence-corrected chi connectivity index (χ1v) is 7.53. The average Bonchev–Trinajstić information content (AvgIpc) is 2.93. The van der Waals surface area contributed by atoms with E-state index in [1.165, 1.54) is 0 Å². The summed E-state index contributed by atoms with van der Waals surface area (Å²) in [5.74, 6) is 0.0177. The van der Waals surface area contributed by atoms with Crippen LogP contribution in [-0.2, 0) is 6.54 Å². The maximum atomic E-state index is 12.4. The summed E-state index contributed by atoms with van der Waals surface area (Å²) in [5, 5.41) is 5.24. The predicted octanol–water partition coefficient (Wildman–Crippen LogP) is 3.16. The zero-order valence-electron chi connectivity index (χ0n) is 12.0. The molecule has 1 aromatic heterocycles. The van der Waals surface area contributed by atoms with Crippen LogP contribution in [0.4, 0.5) is 5.69 Å². The maximum absolute atomic E-state index is 12.4. The minimum absolute atomic E-state index is 0.0177. The van der Waals surface area contributed by atoms with Gasteiger partial charge in [-0.3, -0.25) is 4.79 Å². The summed E-state index contributed by atoms with van der Waals surface area (Å²) in [4.78, 5) is 18.3. The van der Waals surface area contributed by atoms with Crippen LogP contribution in [0.1, 0.15) is 28.5 Å². The molecule has 1 amide bonds. The Hall–Kier alpha value is -1.88. The molecule has 0 bridgehead atoms. The first-order chi connectivity index (χ1) is 9.61. The number of carbonyl (C=O) groups is 1. The van der Waals surface area contributed by atoms with Crippen molar-refractivity contribution in [2.45, 2.75) is 20.4 Å². The first-order valence-electron chi connectivity index (χ1n) is 6.59. The second kappa shape index (κ2) is 6.52. The molecule has 0 aliphatic heterocycles. The Bertz CT molecular complexity index is 581. The second-order valence-electron chi connectivity index (χ2n) is 4.70. The van der Waals surface area contributed by atoms with Crippen LogP contribution in [0.25, 0.3) is 0 Å². The number of benzene rings is 1. The molecule has 0 radical (unpaired) electrons. The number of nitrogens with one attached hydrogen (secondary N) is 1. The summed E-state index contributed by atoms with van der Waals surface area (Å²) < 4.78 is 0. The molecule has 0 saturated heterocycles.